The van der Waals surface area contributed by atoms with E-state index in [0.29, 0.717) is 16.5 Å². The highest BCUT2D eigenvalue weighted by Gasteiger charge is 2.03. The molecule has 0 aliphatic carbocycles. The average molecular weight is 206 g/mol. The van der Waals surface area contributed by atoms with Gasteiger partial charge in [-0.25, -0.2) is 4.98 Å². The molecule has 0 radical (unpaired) electrons. The van der Waals surface area contributed by atoms with Crippen molar-refractivity contribution in [1.29, 1.82) is 0 Å². The highest BCUT2D eigenvalue weighted by molar-refractivity contribution is 6.33. The molecule has 0 bridgehead atoms. The van der Waals surface area contributed by atoms with Gasteiger partial charge in [0, 0.05) is 5.56 Å². The summed E-state index contributed by atoms with van der Waals surface area (Å²) in [5, 5.41) is 0.646. The molecule has 0 saturated heterocycles. The summed E-state index contributed by atoms with van der Waals surface area (Å²) in [6, 6.07) is 7.45. The van der Waals surface area contributed by atoms with Crippen LogP contribution in [-0.2, 0) is 0 Å². The van der Waals surface area contributed by atoms with Crippen molar-refractivity contribution in [2.75, 3.05) is 5.73 Å². The van der Waals surface area contributed by atoms with Crippen molar-refractivity contribution in [2.24, 2.45) is 0 Å². The molecule has 2 N–H and O–H groups in total. The summed E-state index contributed by atoms with van der Waals surface area (Å²) < 4.78 is 0. The van der Waals surface area contributed by atoms with Gasteiger partial charge in [0.05, 0.1) is 23.1 Å². The Morgan fingerprint density at radius 2 is 1.93 bits per heavy atom. The van der Waals surface area contributed by atoms with Gasteiger partial charge in [-0.15, -0.1) is 0 Å². The van der Waals surface area contributed by atoms with Gasteiger partial charge in [-0.1, -0.05) is 29.8 Å². The first kappa shape index (κ1) is 8.97. The van der Waals surface area contributed by atoms with Gasteiger partial charge in [0.1, 0.15) is 5.82 Å². The van der Waals surface area contributed by atoms with Crippen LogP contribution in [-0.4, -0.2) is 9.97 Å². The Kier molecular flexibility index (Phi) is 2.33. The van der Waals surface area contributed by atoms with Gasteiger partial charge in [-0.05, 0) is 6.07 Å². The zero-order valence-corrected chi connectivity index (χ0v) is 8.07. The van der Waals surface area contributed by atoms with E-state index >= 15 is 0 Å². The summed E-state index contributed by atoms with van der Waals surface area (Å²) in [5.74, 6) is 0.391. The zero-order valence-electron chi connectivity index (χ0n) is 7.31. The van der Waals surface area contributed by atoms with Crippen LogP contribution in [0.2, 0.25) is 5.02 Å². The Labute approximate surface area is 86.6 Å². The van der Waals surface area contributed by atoms with Crippen LogP contribution in [0, 0.1) is 0 Å². The SMILES string of the molecule is Nc1cncc(-c2ccccc2Cl)n1. The van der Waals surface area contributed by atoms with Crippen LogP contribution in [0.4, 0.5) is 5.82 Å². The molecule has 0 spiro atoms. The van der Waals surface area contributed by atoms with E-state index in [9.17, 15) is 0 Å². The first-order chi connectivity index (χ1) is 6.77. The average Bonchev–Trinajstić information content (AvgIpc) is 2.18. The fourth-order valence-corrected chi connectivity index (χ4v) is 1.41. The third kappa shape index (κ3) is 1.67. The number of nitrogens with two attached hydrogens (primary N) is 1. The number of anilines is 1. The molecule has 0 aliphatic heterocycles. The Morgan fingerprint density at radius 3 is 2.64 bits per heavy atom. The number of hydrogen-bond donors (Lipinski definition) is 1. The number of benzene rings is 1. The summed E-state index contributed by atoms with van der Waals surface area (Å²) in [6.45, 7) is 0. The van der Waals surface area contributed by atoms with E-state index in [1.165, 1.54) is 6.20 Å². The van der Waals surface area contributed by atoms with Crippen LogP contribution in [0.1, 0.15) is 0 Å². The molecule has 2 aromatic rings. The quantitative estimate of drug-likeness (QED) is 0.778. The van der Waals surface area contributed by atoms with Gasteiger partial charge in [-0.3, -0.25) is 4.98 Å². The maximum Gasteiger partial charge on any atom is 0.142 e. The molecule has 1 heterocycles. The lowest BCUT2D eigenvalue weighted by Gasteiger charge is -2.02. The molecule has 0 aliphatic rings. The van der Waals surface area contributed by atoms with E-state index in [1.54, 1.807) is 6.20 Å². The maximum atomic E-state index is 6.00. The molecule has 14 heavy (non-hydrogen) atoms. The van der Waals surface area contributed by atoms with E-state index in [1.807, 2.05) is 24.3 Å². The van der Waals surface area contributed by atoms with Crippen LogP contribution in [0.15, 0.2) is 36.7 Å². The van der Waals surface area contributed by atoms with Crippen molar-refractivity contribution in [3.05, 3.63) is 41.7 Å². The topological polar surface area (TPSA) is 51.8 Å². The summed E-state index contributed by atoms with van der Waals surface area (Å²) in [4.78, 5) is 8.09. The summed E-state index contributed by atoms with van der Waals surface area (Å²) in [5.41, 5.74) is 7.06. The van der Waals surface area contributed by atoms with Crippen molar-refractivity contribution in [3.8, 4) is 11.3 Å². The fourth-order valence-electron chi connectivity index (χ4n) is 1.18. The molecule has 4 heteroatoms. The van der Waals surface area contributed by atoms with Crippen LogP contribution in [0.25, 0.3) is 11.3 Å². The molecule has 0 amide bonds. The Bertz CT molecular complexity index is 457. The van der Waals surface area contributed by atoms with E-state index in [-0.39, 0.29) is 0 Å². The summed E-state index contributed by atoms with van der Waals surface area (Å²) in [7, 11) is 0. The Morgan fingerprint density at radius 1 is 1.14 bits per heavy atom. The number of nitrogen functional groups attached to an aromatic ring is 1. The highest BCUT2D eigenvalue weighted by Crippen LogP contribution is 2.25. The van der Waals surface area contributed by atoms with E-state index in [4.69, 9.17) is 17.3 Å². The van der Waals surface area contributed by atoms with Gasteiger partial charge in [0.2, 0.25) is 0 Å². The minimum absolute atomic E-state index is 0.391. The lowest BCUT2D eigenvalue weighted by molar-refractivity contribution is 1.22. The molecule has 1 aromatic heterocycles. The fraction of sp³-hybridized carbons (Fsp3) is 0. The van der Waals surface area contributed by atoms with Crippen molar-refractivity contribution in [3.63, 3.8) is 0 Å². The second-order valence-electron chi connectivity index (χ2n) is 2.81. The van der Waals surface area contributed by atoms with Gasteiger partial charge < -0.3 is 5.73 Å². The minimum atomic E-state index is 0.391. The minimum Gasteiger partial charge on any atom is -0.382 e. The van der Waals surface area contributed by atoms with Crippen molar-refractivity contribution < 1.29 is 0 Å². The molecule has 70 valence electrons. The standard InChI is InChI=1S/C10H8ClN3/c11-8-4-2-1-3-7(8)9-5-13-6-10(12)14-9/h1-6H,(H2,12,14). The number of hydrogen-bond acceptors (Lipinski definition) is 3. The molecule has 2 rings (SSSR count). The van der Waals surface area contributed by atoms with E-state index < -0.39 is 0 Å². The Balaban J connectivity index is 2.55. The van der Waals surface area contributed by atoms with Gasteiger partial charge in [0.25, 0.3) is 0 Å². The molecule has 0 atom stereocenters. The normalized spacial score (nSPS) is 10.1. The molecule has 0 fully saturated rings. The zero-order chi connectivity index (χ0) is 9.97. The lowest BCUT2D eigenvalue weighted by atomic mass is 10.2. The molecular weight excluding hydrogens is 198 g/mol. The summed E-state index contributed by atoms with van der Waals surface area (Å²) >= 11 is 6.00. The number of halogens is 1. The van der Waals surface area contributed by atoms with Crippen molar-refractivity contribution >= 4 is 17.4 Å². The first-order valence-electron chi connectivity index (χ1n) is 4.10. The number of rotatable bonds is 1. The highest BCUT2D eigenvalue weighted by atomic mass is 35.5. The van der Waals surface area contributed by atoms with Crippen LogP contribution in [0.3, 0.4) is 0 Å². The van der Waals surface area contributed by atoms with Gasteiger partial charge in [0.15, 0.2) is 0 Å². The largest absolute Gasteiger partial charge is 0.382 e. The van der Waals surface area contributed by atoms with Gasteiger partial charge in [-0.2, -0.15) is 0 Å². The maximum absolute atomic E-state index is 6.00. The molecule has 1 aromatic carbocycles. The predicted octanol–water partition coefficient (Wildman–Crippen LogP) is 2.38. The van der Waals surface area contributed by atoms with Crippen molar-refractivity contribution in [2.45, 2.75) is 0 Å². The third-order valence-electron chi connectivity index (χ3n) is 1.80. The lowest BCUT2D eigenvalue weighted by Crippen LogP contribution is -1.93. The molecule has 0 unspecified atom stereocenters. The second kappa shape index (κ2) is 3.64. The number of aromatic nitrogens is 2. The van der Waals surface area contributed by atoms with Gasteiger partial charge >= 0.3 is 0 Å². The summed E-state index contributed by atoms with van der Waals surface area (Å²) in [6.07, 6.45) is 3.14. The Hall–Kier alpha value is -1.61. The van der Waals surface area contributed by atoms with Crippen LogP contribution in [0.5, 0.6) is 0 Å². The first-order valence-corrected chi connectivity index (χ1v) is 4.47. The molecule has 3 nitrogen and oxygen atoms in total. The second-order valence-corrected chi connectivity index (χ2v) is 3.22. The van der Waals surface area contributed by atoms with Crippen LogP contribution >= 0.6 is 11.6 Å². The monoisotopic (exact) mass is 205 g/mol. The van der Waals surface area contributed by atoms with E-state index in [0.717, 1.165) is 5.56 Å². The van der Waals surface area contributed by atoms with E-state index in [2.05, 4.69) is 9.97 Å². The number of nitrogens with zero attached hydrogens (tertiary/aromatic N) is 2. The smallest absolute Gasteiger partial charge is 0.142 e. The molecular formula is C10H8ClN3. The molecule has 0 saturated carbocycles. The van der Waals surface area contributed by atoms with Crippen molar-refractivity contribution in [1.82, 2.24) is 9.97 Å². The van der Waals surface area contributed by atoms with Crippen LogP contribution < -0.4 is 5.73 Å². The predicted molar refractivity (Wildman–Crippen MR) is 56.9 cm³/mol. The third-order valence-corrected chi connectivity index (χ3v) is 2.13.